The minimum absolute atomic E-state index is 0.217. The van der Waals surface area contributed by atoms with Gasteiger partial charge in [0.05, 0.1) is 0 Å². The van der Waals surface area contributed by atoms with E-state index in [-0.39, 0.29) is 11.8 Å². The number of benzene rings is 1. The first-order valence-electron chi connectivity index (χ1n) is 4.72. The number of amides is 2. The molecule has 4 heteroatoms. The van der Waals surface area contributed by atoms with Crippen molar-refractivity contribution in [3.05, 3.63) is 30.3 Å². The molecule has 1 atom stereocenters. The number of anilines is 1. The molecular weight excluding hydrogens is 192 g/mol. The lowest BCUT2D eigenvalue weighted by Crippen LogP contribution is -2.40. The smallest absolute Gasteiger partial charge is 0.246 e. The van der Waals surface area contributed by atoms with E-state index in [0.29, 0.717) is 0 Å². The van der Waals surface area contributed by atoms with Crippen molar-refractivity contribution in [1.82, 2.24) is 5.32 Å². The highest BCUT2D eigenvalue weighted by Crippen LogP contribution is 2.05. The Morgan fingerprint density at radius 3 is 2.33 bits per heavy atom. The Bertz CT molecular complexity index is 349. The fourth-order valence-corrected chi connectivity index (χ4v) is 1.14. The van der Waals surface area contributed by atoms with Gasteiger partial charge in [0, 0.05) is 12.6 Å². The number of hydrogen-bond acceptors (Lipinski definition) is 2. The predicted molar refractivity (Wildman–Crippen MR) is 58.4 cm³/mol. The molecule has 0 aromatic heterocycles. The van der Waals surface area contributed by atoms with Crippen LogP contribution in [0.2, 0.25) is 0 Å². The normalized spacial score (nSPS) is 11.6. The van der Waals surface area contributed by atoms with E-state index in [1.807, 2.05) is 18.2 Å². The van der Waals surface area contributed by atoms with Gasteiger partial charge in [-0.1, -0.05) is 18.2 Å². The molecule has 1 rings (SSSR count). The fraction of sp³-hybridized carbons (Fsp3) is 0.273. The molecule has 15 heavy (non-hydrogen) atoms. The monoisotopic (exact) mass is 206 g/mol. The Balaban J connectivity index is 2.52. The topological polar surface area (TPSA) is 58.2 Å². The summed E-state index contributed by atoms with van der Waals surface area (Å²) in [5.41, 5.74) is 0.722. The average Bonchev–Trinajstić information content (AvgIpc) is 2.18. The molecule has 1 aromatic carbocycles. The van der Waals surface area contributed by atoms with Gasteiger partial charge in [-0.05, 0) is 19.1 Å². The second kappa shape index (κ2) is 5.14. The SMILES string of the molecule is CC(=O)N[C@@H](C)C(=O)Nc1ccccc1. The molecule has 0 saturated heterocycles. The summed E-state index contributed by atoms with van der Waals surface area (Å²) in [5, 5.41) is 5.21. The predicted octanol–water partition coefficient (Wildman–Crippen LogP) is 1.15. The summed E-state index contributed by atoms with van der Waals surface area (Å²) in [6.07, 6.45) is 0. The van der Waals surface area contributed by atoms with Gasteiger partial charge in [0.15, 0.2) is 0 Å². The van der Waals surface area contributed by atoms with Crippen LogP contribution in [0.4, 0.5) is 5.69 Å². The van der Waals surface area contributed by atoms with E-state index in [1.165, 1.54) is 6.92 Å². The van der Waals surface area contributed by atoms with Crippen LogP contribution in [0.3, 0.4) is 0 Å². The van der Waals surface area contributed by atoms with Gasteiger partial charge in [-0.25, -0.2) is 0 Å². The van der Waals surface area contributed by atoms with Crippen LogP contribution in [-0.2, 0) is 9.59 Å². The van der Waals surface area contributed by atoms with Gasteiger partial charge in [0.25, 0.3) is 0 Å². The zero-order valence-corrected chi connectivity index (χ0v) is 8.78. The molecule has 0 radical (unpaired) electrons. The molecule has 0 aliphatic rings. The van der Waals surface area contributed by atoms with Crippen molar-refractivity contribution in [2.24, 2.45) is 0 Å². The summed E-state index contributed by atoms with van der Waals surface area (Å²) in [6, 6.07) is 8.59. The highest BCUT2D eigenvalue weighted by molar-refractivity contribution is 5.96. The van der Waals surface area contributed by atoms with Crippen LogP contribution in [0.15, 0.2) is 30.3 Å². The Hall–Kier alpha value is -1.84. The Kier molecular flexibility index (Phi) is 3.85. The first-order chi connectivity index (χ1) is 7.09. The van der Waals surface area contributed by atoms with Crippen molar-refractivity contribution < 1.29 is 9.59 Å². The largest absolute Gasteiger partial charge is 0.345 e. The third kappa shape index (κ3) is 3.81. The van der Waals surface area contributed by atoms with Crippen molar-refractivity contribution in [3.63, 3.8) is 0 Å². The second-order valence-corrected chi connectivity index (χ2v) is 3.28. The standard InChI is InChI=1S/C11H14N2O2/c1-8(12-9(2)14)11(15)13-10-6-4-3-5-7-10/h3-8H,1-2H3,(H,12,14)(H,13,15)/t8-/m0/s1. The van der Waals surface area contributed by atoms with Crippen LogP contribution in [0.1, 0.15) is 13.8 Å². The molecule has 0 aliphatic heterocycles. The first kappa shape index (κ1) is 11.2. The third-order valence-electron chi connectivity index (χ3n) is 1.85. The molecule has 0 unspecified atom stereocenters. The second-order valence-electron chi connectivity index (χ2n) is 3.28. The quantitative estimate of drug-likeness (QED) is 0.779. The molecule has 4 nitrogen and oxygen atoms in total. The molecule has 2 amide bonds. The average molecular weight is 206 g/mol. The highest BCUT2D eigenvalue weighted by Gasteiger charge is 2.12. The van der Waals surface area contributed by atoms with Crippen molar-refractivity contribution in [2.75, 3.05) is 5.32 Å². The summed E-state index contributed by atoms with van der Waals surface area (Å²) in [6.45, 7) is 3.02. The summed E-state index contributed by atoms with van der Waals surface area (Å²) in [7, 11) is 0. The van der Waals surface area contributed by atoms with E-state index in [0.717, 1.165) is 5.69 Å². The van der Waals surface area contributed by atoms with Crippen LogP contribution in [0.5, 0.6) is 0 Å². The van der Waals surface area contributed by atoms with Crippen molar-refractivity contribution in [2.45, 2.75) is 19.9 Å². The molecule has 2 N–H and O–H groups in total. The highest BCUT2D eigenvalue weighted by atomic mass is 16.2. The van der Waals surface area contributed by atoms with Crippen molar-refractivity contribution in [1.29, 1.82) is 0 Å². The lowest BCUT2D eigenvalue weighted by molar-refractivity contribution is -0.124. The van der Waals surface area contributed by atoms with Gasteiger partial charge >= 0.3 is 0 Å². The molecular formula is C11H14N2O2. The number of hydrogen-bond donors (Lipinski definition) is 2. The maximum absolute atomic E-state index is 11.5. The summed E-state index contributed by atoms with van der Waals surface area (Å²) in [4.78, 5) is 22.2. The lowest BCUT2D eigenvalue weighted by Gasteiger charge is -2.12. The van der Waals surface area contributed by atoms with Crippen LogP contribution in [0.25, 0.3) is 0 Å². The maximum atomic E-state index is 11.5. The van der Waals surface area contributed by atoms with E-state index < -0.39 is 6.04 Å². The van der Waals surface area contributed by atoms with Gasteiger partial charge in [0.1, 0.15) is 6.04 Å². The minimum atomic E-state index is -0.525. The van der Waals surface area contributed by atoms with E-state index in [1.54, 1.807) is 19.1 Å². The van der Waals surface area contributed by atoms with Crippen molar-refractivity contribution >= 4 is 17.5 Å². The number of carbonyl (C=O) groups is 2. The first-order valence-corrected chi connectivity index (χ1v) is 4.72. The summed E-state index contributed by atoms with van der Waals surface area (Å²) >= 11 is 0. The minimum Gasteiger partial charge on any atom is -0.345 e. The van der Waals surface area contributed by atoms with E-state index in [4.69, 9.17) is 0 Å². The van der Waals surface area contributed by atoms with Gasteiger partial charge in [-0.15, -0.1) is 0 Å². The van der Waals surface area contributed by atoms with Crippen LogP contribution in [-0.4, -0.2) is 17.9 Å². The van der Waals surface area contributed by atoms with Gasteiger partial charge in [-0.3, -0.25) is 9.59 Å². The molecule has 0 saturated carbocycles. The zero-order chi connectivity index (χ0) is 11.3. The van der Waals surface area contributed by atoms with E-state index in [9.17, 15) is 9.59 Å². The number of para-hydroxylation sites is 1. The van der Waals surface area contributed by atoms with E-state index in [2.05, 4.69) is 10.6 Å². The third-order valence-corrected chi connectivity index (χ3v) is 1.85. The number of rotatable bonds is 3. The van der Waals surface area contributed by atoms with Gasteiger partial charge in [-0.2, -0.15) is 0 Å². The molecule has 0 heterocycles. The fourth-order valence-electron chi connectivity index (χ4n) is 1.14. The number of carbonyl (C=O) groups excluding carboxylic acids is 2. The zero-order valence-electron chi connectivity index (χ0n) is 8.78. The Morgan fingerprint density at radius 1 is 1.20 bits per heavy atom. The van der Waals surface area contributed by atoms with Gasteiger partial charge in [0.2, 0.25) is 11.8 Å². The molecule has 1 aromatic rings. The Morgan fingerprint density at radius 2 is 1.80 bits per heavy atom. The molecule has 0 fully saturated rings. The molecule has 80 valence electrons. The van der Waals surface area contributed by atoms with Crippen LogP contribution >= 0.6 is 0 Å². The molecule has 0 aliphatic carbocycles. The maximum Gasteiger partial charge on any atom is 0.246 e. The number of nitrogens with one attached hydrogen (secondary N) is 2. The van der Waals surface area contributed by atoms with Gasteiger partial charge < -0.3 is 10.6 Å². The van der Waals surface area contributed by atoms with E-state index >= 15 is 0 Å². The summed E-state index contributed by atoms with van der Waals surface area (Å²) < 4.78 is 0. The Labute approximate surface area is 88.7 Å². The summed E-state index contributed by atoms with van der Waals surface area (Å²) in [5.74, 6) is -0.442. The lowest BCUT2D eigenvalue weighted by atomic mass is 10.2. The van der Waals surface area contributed by atoms with Crippen LogP contribution in [0, 0.1) is 0 Å². The van der Waals surface area contributed by atoms with Crippen molar-refractivity contribution in [3.8, 4) is 0 Å². The molecule has 0 bridgehead atoms. The van der Waals surface area contributed by atoms with Crippen LogP contribution < -0.4 is 10.6 Å². The molecule has 0 spiro atoms.